The standard InChI is InChI=1S/C16H21NO2/c1-11-6-7-12(2)13(9-11)16-8-4-3-5-14(16)19-10-15(18)17-16/h6-7,9,14H,3-5,8,10H2,1-2H3,(H,17,18). The number of rotatable bonds is 1. The zero-order valence-corrected chi connectivity index (χ0v) is 11.7. The van der Waals surface area contributed by atoms with Crippen LogP contribution in [-0.2, 0) is 15.1 Å². The van der Waals surface area contributed by atoms with Crippen molar-refractivity contribution in [1.29, 1.82) is 0 Å². The Morgan fingerprint density at radius 3 is 3.00 bits per heavy atom. The van der Waals surface area contributed by atoms with Crippen molar-refractivity contribution >= 4 is 5.91 Å². The topological polar surface area (TPSA) is 38.3 Å². The number of morpholine rings is 1. The Balaban J connectivity index is 2.10. The number of fused-ring (bicyclic) bond motifs is 1. The van der Waals surface area contributed by atoms with Crippen LogP contribution >= 0.6 is 0 Å². The molecule has 0 radical (unpaired) electrons. The molecule has 1 N–H and O–H groups in total. The Kier molecular flexibility index (Phi) is 3.09. The highest BCUT2D eigenvalue weighted by Crippen LogP contribution is 2.42. The molecule has 1 aliphatic carbocycles. The maximum Gasteiger partial charge on any atom is 0.246 e. The lowest BCUT2D eigenvalue weighted by molar-refractivity contribution is -0.148. The van der Waals surface area contributed by atoms with E-state index in [4.69, 9.17) is 4.74 Å². The van der Waals surface area contributed by atoms with E-state index < -0.39 is 0 Å². The molecule has 2 fully saturated rings. The van der Waals surface area contributed by atoms with Crippen LogP contribution in [0.2, 0.25) is 0 Å². The van der Waals surface area contributed by atoms with Crippen molar-refractivity contribution in [1.82, 2.24) is 5.32 Å². The first-order chi connectivity index (χ1) is 9.12. The van der Waals surface area contributed by atoms with Crippen molar-refractivity contribution in [3.63, 3.8) is 0 Å². The largest absolute Gasteiger partial charge is 0.366 e. The van der Waals surface area contributed by atoms with Crippen LogP contribution in [0, 0.1) is 13.8 Å². The third-order valence-corrected chi connectivity index (χ3v) is 4.49. The Labute approximate surface area is 114 Å². The van der Waals surface area contributed by atoms with Crippen LogP contribution < -0.4 is 5.32 Å². The van der Waals surface area contributed by atoms with Crippen LogP contribution in [0.25, 0.3) is 0 Å². The van der Waals surface area contributed by atoms with Crippen LogP contribution in [0.4, 0.5) is 0 Å². The maximum atomic E-state index is 11.9. The average Bonchev–Trinajstić information content (AvgIpc) is 2.41. The summed E-state index contributed by atoms with van der Waals surface area (Å²) in [7, 11) is 0. The van der Waals surface area contributed by atoms with Gasteiger partial charge in [-0.1, -0.05) is 36.6 Å². The van der Waals surface area contributed by atoms with Gasteiger partial charge in [-0.2, -0.15) is 0 Å². The highest BCUT2D eigenvalue weighted by molar-refractivity contribution is 5.79. The van der Waals surface area contributed by atoms with Crippen LogP contribution in [-0.4, -0.2) is 18.6 Å². The van der Waals surface area contributed by atoms with E-state index in [1.165, 1.54) is 23.1 Å². The molecule has 1 aromatic carbocycles. The van der Waals surface area contributed by atoms with E-state index in [9.17, 15) is 4.79 Å². The monoisotopic (exact) mass is 259 g/mol. The van der Waals surface area contributed by atoms with Crippen LogP contribution in [0.15, 0.2) is 18.2 Å². The van der Waals surface area contributed by atoms with Crippen LogP contribution in [0.3, 0.4) is 0 Å². The summed E-state index contributed by atoms with van der Waals surface area (Å²) in [5.41, 5.74) is 3.41. The molecule has 19 heavy (non-hydrogen) atoms. The molecule has 0 aromatic heterocycles. The molecular weight excluding hydrogens is 238 g/mol. The van der Waals surface area contributed by atoms with E-state index in [2.05, 4.69) is 37.4 Å². The Morgan fingerprint density at radius 2 is 2.16 bits per heavy atom. The van der Waals surface area contributed by atoms with Gasteiger partial charge in [0, 0.05) is 0 Å². The Hall–Kier alpha value is -1.35. The van der Waals surface area contributed by atoms with Crippen molar-refractivity contribution in [3.05, 3.63) is 34.9 Å². The van der Waals surface area contributed by atoms with E-state index in [1.807, 2.05) is 0 Å². The van der Waals surface area contributed by atoms with Gasteiger partial charge < -0.3 is 10.1 Å². The molecule has 1 saturated heterocycles. The van der Waals surface area contributed by atoms with Gasteiger partial charge in [0.25, 0.3) is 0 Å². The molecule has 2 atom stereocenters. The summed E-state index contributed by atoms with van der Waals surface area (Å²) in [6, 6.07) is 6.48. The lowest BCUT2D eigenvalue weighted by atomic mass is 9.72. The van der Waals surface area contributed by atoms with E-state index >= 15 is 0 Å². The summed E-state index contributed by atoms with van der Waals surface area (Å²) in [5, 5.41) is 3.25. The highest BCUT2D eigenvalue weighted by Gasteiger charge is 2.47. The predicted octanol–water partition coefficient (Wildman–Crippen LogP) is 2.59. The fourth-order valence-electron chi connectivity index (χ4n) is 3.56. The van der Waals surface area contributed by atoms with Crippen LogP contribution in [0.5, 0.6) is 0 Å². The number of nitrogens with one attached hydrogen (secondary N) is 1. The molecule has 0 spiro atoms. The maximum absolute atomic E-state index is 11.9. The Morgan fingerprint density at radius 1 is 1.32 bits per heavy atom. The number of carbonyl (C=O) groups is 1. The molecule has 1 heterocycles. The first kappa shape index (κ1) is 12.7. The van der Waals surface area contributed by atoms with Crippen molar-refractivity contribution < 1.29 is 9.53 Å². The summed E-state index contributed by atoms with van der Waals surface area (Å²) in [6.45, 7) is 4.43. The summed E-state index contributed by atoms with van der Waals surface area (Å²) < 4.78 is 5.83. The van der Waals surface area contributed by atoms with Gasteiger partial charge >= 0.3 is 0 Å². The van der Waals surface area contributed by atoms with Gasteiger partial charge in [0.15, 0.2) is 0 Å². The average molecular weight is 259 g/mol. The zero-order chi connectivity index (χ0) is 13.5. The zero-order valence-electron chi connectivity index (χ0n) is 11.7. The minimum absolute atomic E-state index is 0.0130. The van der Waals surface area contributed by atoms with E-state index in [1.54, 1.807) is 0 Å². The second-order valence-electron chi connectivity index (χ2n) is 5.88. The van der Waals surface area contributed by atoms with E-state index in [-0.39, 0.29) is 24.2 Å². The smallest absolute Gasteiger partial charge is 0.246 e. The van der Waals surface area contributed by atoms with Crippen LogP contribution in [0.1, 0.15) is 42.4 Å². The van der Waals surface area contributed by atoms with Crippen molar-refractivity contribution in [2.24, 2.45) is 0 Å². The molecule has 2 unspecified atom stereocenters. The summed E-state index contributed by atoms with van der Waals surface area (Å²) in [6.07, 6.45) is 4.47. The number of ether oxygens (including phenoxy) is 1. The molecule has 3 rings (SSSR count). The number of hydrogen-bond donors (Lipinski definition) is 1. The molecule has 2 aliphatic rings. The Bertz CT molecular complexity index is 511. The van der Waals surface area contributed by atoms with E-state index in [0.717, 1.165) is 19.3 Å². The summed E-state index contributed by atoms with van der Waals surface area (Å²) in [5.74, 6) is 0.0130. The lowest BCUT2D eigenvalue weighted by Gasteiger charge is -2.48. The predicted molar refractivity (Wildman–Crippen MR) is 73.9 cm³/mol. The van der Waals surface area contributed by atoms with Crippen molar-refractivity contribution in [2.75, 3.05) is 6.61 Å². The summed E-state index contributed by atoms with van der Waals surface area (Å²) in [4.78, 5) is 11.9. The van der Waals surface area contributed by atoms with Gasteiger partial charge in [-0.15, -0.1) is 0 Å². The molecule has 1 saturated carbocycles. The van der Waals surface area contributed by atoms with Gasteiger partial charge in [-0.3, -0.25) is 4.79 Å². The normalized spacial score (nSPS) is 30.6. The minimum atomic E-state index is -0.302. The first-order valence-corrected chi connectivity index (χ1v) is 7.12. The summed E-state index contributed by atoms with van der Waals surface area (Å²) >= 11 is 0. The highest BCUT2D eigenvalue weighted by atomic mass is 16.5. The fraction of sp³-hybridized carbons (Fsp3) is 0.562. The quantitative estimate of drug-likeness (QED) is 0.842. The third kappa shape index (κ3) is 2.06. The molecule has 1 aromatic rings. The second kappa shape index (κ2) is 4.64. The first-order valence-electron chi connectivity index (χ1n) is 7.12. The number of hydrogen-bond acceptors (Lipinski definition) is 2. The molecule has 1 aliphatic heterocycles. The number of aryl methyl sites for hydroxylation is 2. The lowest BCUT2D eigenvalue weighted by Crippen LogP contribution is -2.61. The van der Waals surface area contributed by atoms with Crippen molar-refractivity contribution in [2.45, 2.75) is 51.2 Å². The van der Waals surface area contributed by atoms with Gasteiger partial charge in [0.05, 0.1) is 11.6 Å². The molecule has 102 valence electrons. The van der Waals surface area contributed by atoms with Gasteiger partial charge in [0.1, 0.15) is 6.61 Å². The van der Waals surface area contributed by atoms with Gasteiger partial charge in [-0.05, 0) is 37.8 Å². The van der Waals surface area contributed by atoms with Crippen molar-refractivity contribution in [3.8, 4) is 0 Å². The second-order valence-corrected chi connectivity index (χ2v) is 5.88. The van der Waals surface area contributed by atoms with E-state index in [0.29, 0.717) is 0 Å². The fourth-order valence-corrected chi connectivity index (χ4v) is 3.56. The SMILES string of the molecule is Cc1ccc(C)c(C23CCCCC2OCC(=O)N3)c1. The minimum Gasteiger partial charge on any atom is -0.366 e. The molecule has 3 nitrogen and oxygen atoms in total. The molecule has 1 amide bonds. The molecular formula is C16H21NO2. The molecule has 0 bridgehead atoms. The van der Waals surface area contributed by atoms with Gasteiger partial charge in [-0.25, -0.2) is 0 Å². The number of carbonyl (C=O) groups excluding carboxylic acids is 1. The number of benzene rings is 1. The third-order valence-electron chi connectivity index (χ3n) is 4.49. The van der Waals surface area contributed by atoms with Gasteiger partial charge in [0.2, 0.25) is 5.91 Å². The molecule has 3 heteroatoms. The number of amides is 1.